The van der Waals surface area contributed by atoms with Crippen molar-refractivity contribution >= 4 is 5.97 Å². The fraction of sp³-hybridized carbons (Fsp3) is 0.923. The molecule has 1 aliphatic heterocycles. The van der Waals surface area contributed by atoms with Gasteiger partial charge in [0.25, 0.3) is 0 Å². The lowest BCUT2D eigenvalue weighted by molar-refractivity contribution is -0.155. The van der Waals surface area contributed by atoms with E-state index >= 15 is 0 Å². The Morgan fingerprint density at radius 1 is 1.56 bits per heavy atom. The Hall–Kier alpha value is -0.570. The predicted molar refractivity (Wildman–Crippen MR) is 61.0 cm³/mol. The number of carbonyl (C=O) groups excluding carboxylic acids is 1. The number of hydrogen-bond acceptors (Lipinski definition) is 3. The summed E-state index contributed by atoms with van der Waals surface area (Å²) in [6.07, 6.45) is 3.34. The van der Waals surface area contributed by atoms with Gasteiger partial charge in [-0.3, -0.25) is 4.79 Å². The second kappa shape index (κ2) is 3.73. The normalized spacial score (nSPS) is 37.0. The van der Waals surface area contributed by atoms with Crippen molar-refractivity contribution in [2.75, 3.05) is 6.61 Å². The van der Waals surface area contributed by atoms with Gasteiger partial charge in [-0.25, -0.2) is 0 Å². The van der Waals surface area contributed by atoms with Crippen molar-refractivity contribution in [3.63, 3.8) is 0 Å². The van der Waals surface area contributed by atoms with Crippen LogP contribution in [0.5, 0.6) is 0 Å². The monoisotopic (exact) mass is 226 g/mol. The molecule has 2 fully saturated rings. The van der Waals surface area contributed by atoms with Crippen LogP contribution in [0.1, 0.15) is 47.0 Å². The van der Waals surface area contributed by atoms with Gasteiger partial charge in [-0.05, 0) is 46.0 Å². The van der Waals surface area contributed by atoms with Crippen molar-refractivity contribution in [3.05, 3.63) is 0 Å². The molecule has 0 spiro atoms. The van der Waals surface area contributed by atoms with Crippen molar-refractivity contribution in [2.45, 2.75) is 58.7 Å². The van der Waals surface area contributed by atoms with Gasteiger partial charge in [-0.2, -0.15) is 0 Å². The van der Waals surface area contributed by atoms with Gasteiger partial charge in [-0.15, -0.1) is 0 Å². The minimum Gasteiger partial charge on any atom is -0.465 e. The summed E-state index contributed by atoms with van der Waals surface area (Å²) >= 11 is 0. The molecule has 3 atom stereocenters. The lowest BCUT2D eigenvalue weighted by atomic mass is 9.90. The van der Waals surface area contributed by atoms with Gasteiger partial charge in [0.15, 0.2) is 0 Å². The number of fused-ring (bicyclic) bond motifs is 1. The van der Waals surface area contributed by atoms with E-state index in [9.17, 15) is 4.79 Å². The molecule has 16 heavy (non-hydrogen) atoms. The van der Waals surface area contributed by atoms with E-state index in [4.69, 9.17) is 9.47 Å². The highest BCUT2D eigenvalue weighted by Gasteiger charge is 2.59. The first-order valence-corrected chi connectivity index (χ1v) is 6.22. The Morgan fingerprint density at radius 2 is 2.25 bits per heavy atom. The molecule has 0 aromatic heterocycles. The van der Waals surface area contributed by atoms with Crippen LogP contribution in [0.15, 0.2) is 0 Å². The second-order valence-electron chi connectivity index (χ2n) is 6.06. The molecule has 2 aliphatic rings. The van der Waals surface area contributed by atoms with Crippen LogP contribution in [-0.2, 0) is 14.3 Å². The molecule has 3 heteroatoms. The number of ether oxygens (including phenoxy) is 2. The average Bonchev–Trinajstić information content (AvgIpc) is 2.74. The Kier molecular flexibility index (Phi) is 2.77. The largest absolute Gasteiger partial charge is 0.465 e. The van der Waals surface area contributed by atoms with Gasteiger partial charge in [0.2, 0.25) is 0 Å². The minimum absolute atomic E-state index is 0.0679. The molecule has 92 valence electrons. The van der Waals surface area contributed by atoms with Gasteiger partial charge < -0.3 is 9.47 Å². The highest BCUT2D eigenvalue weighted by Crippen LogP contribution is 2.52. The number of carbonyl (C=O) groups is 1. The van der Waals surface area contributed by atoms with Gasteiger partial charge in [0.1, 0.15) is 0 Å². The maximum absolute atomic E-state index is 11.8. The van der Waals surface area contributed by atoms with E-state index in [1.54, 1.807) is 0 Å². The molecule has 0 aromatic rings. The zero-order valence-electron chi connectivity index (χ0n) is 10.7. The zero-order valence-corrected chi connectivity index (χ0v) is 10.7. The molecule has 3 unspecified atom stereocenters. The van der Waals surface area contributed by atoms with Crippen LogP contribution in [0.2, 0.25) is 0 Å². The molecule has 0 N–H and O–H groups in total. The SMILES string of the molecule is CCC(C)(C)C(=O)OCC1CC2OC2(C)C1. The van der Waals surface area contributed by atoms with Gasteiger partial charge in [-0.1, -0.05) is 6.92 Å². The standard InChI is InChI=1S/C13H22O3/c1-5-12(2,3)11(14)15-8-9-6-10-13(4,7-9)16-10/h9-10H,5-8H2,1-4H3. The Balaban J connectivity index is 1.75. The van der Waals surface area contributed by atoms with Crippen LogP contribution >= 0.6 is 0 Å². The quantitative estimate of drug-likeness (QED) is 0.546. The number of epoxide rings is 1. The van der Waals surface area contributed by atoms with E-state index in [-0.39, 0.29) is 17.0 Å². The van der Waals surface area contributed by atoms with E-state index in [1.165, 1.54) is 0 Å². The summed E-state index contributed by atoms with van der Waals surface area (Å²) < 4.78 is 10.9. The van der Waals surface area contributed by atoms with Gasteiger partial charge in [0.05, 0.1) is 23.7 Å². The molecule has 1 aliphatic carbocycles. The van der Waals surface area contributed by atoms with Crippen molar-refractivity contribution in [1.29, 1.82) is 0 Å². The first kappa shape index (κ1) is 11.9. The average molecular weight is 226 g/mol. The fourth-order valence-corrected chi connectivity index (χ4v) is 2.39. The maximum atomic E-state index is 11.8. The third-order valence-electron chi connectivity index (χ3n) is 4.16. The fourth-order valence-electron chi connectivity index (χ4n) is 2.39. The number of esters is 1. The van der Waals surface area contributed by atoms with Crippen LogP contribution in [0.4, 0.5) is 0 Å². The van der Waals surface area contributed by atoms with E-state index in [2.05, 4.69) is 6.92 Å². The smallest absolute Gasteiger partial charge is 0.311 e. The molecule has 0 amide bonds. The molecular formula is C13H22O3. The topological polar surface area (TPSA) is 38.8 Å². The summed E-state index contributed by atoms with van der Waals surface area (Å²) in [6, 6.07) is 0. The van der Waals surface area contributed by atoms with Crippen molar-refractivity contribution in [1.82, 2.24) is 0 Å². The molecule has 1 heterocycles. The number of rotatable bonds is 4. The van der Waals surface area contributed by atoms with Gasteiger partial charge in [0, 0.05) is 0 Å². The maximum Gasteiger partial charge on any atom is 0.311 e. The summed E-state index contributed by atoms with van der Waals surface area (Å²) in [5.74, 6) is 0.432. The molecule has 3 nitrogen and oxygen atoms in total. The summed E-state index contributed by atoms with van der Waals surface area (Å²) in [5.41, 5.74) is -0.237. The van der Waals surface area contributed by atoms with E-state index in [1.807, 2.05) is 20.8 Å². The summed E-state index contributed by atoms with van der Waals surface area (Å²) in [7, 11) is 0. The molecule has 1 saturated heterocycles. The second-order valence-corrected chi connectivity index (χ2v) is 6.06. The minimum atomic E-state index is -0.345. The third-order valence-corrected chi connectivity index (χ3v) is 4.16. The first-order valence-electron chi connectivity index (χ1n) is 6.22. The third kappa shape index (κ3) is 2.10. The summed E-state index contributed by atoms with van der Waals surface area (Å²) in [5, 5.41) is 0. The van der Waals surface area contributed by atoms with Gasteiger partial charge >= 0.3 is 5.97 Å². The van der Waals surface area contributed by atoms with Crippen LogP contribution in [-0.4, -0.2) is 24.3 Å². The highest BCUT2D eigenvalue weighted by molar-refractivity contribution is 5.75. The summed E-state index contributed by atoms with van der Waals surface area (Å²) in [4.78, 5) is 11.8. The lowest BCUT2D eigenvalue weighted by Crippen LogP contribution is -2.27. The van der Waals surface area contributed by atoms with Crippen molar-refractivity contribution < 1.29 is 14.3 Å². The Bertz CT molecular complexity index is 298. The van der Waals surface area contributed by atoms with Crippen LogP contribution in [0, 0.1) is 11.3 Å². The molecule has 0 radical (unpaired) electrons. The Labute approximate surface area is 97.5 Å². The van der Waals surface area contributed by atoms with Crippen molar-refractivity contribution in [3.8, 4) is 0 Å². The predicted octanol–water partition coefficient (Wildman–Crippen LogP) is 2.53. The van der Waals surface area contributed by atoms with Crippen LogP contribution in [0.3, 0.4) is 0 Å². The van der Waals surface area contributed by atoms with E-state index in [0.29, 0.717) is 18.6 Å². The molecule has 1 saturated carbocycles. The molecule has 0 bridgehead atoms. The van der Waals surface area contributed by atoms with E-state index in [0.717, 1.165) is 19.3 Å². The Morgan fingerprint density at radius 3 is 2.75 bits per heavy atom. The zero-order chi connectivity index (χ0) is 12.0. The molecular weight excluding hydrogens is 204 g/mol. The first-order chi connectivity index (χ1) is 7.37. The van der Waals surface area contributed by atoms with Crippen molar-refractivity contribution in [2.24, 2.45) is 11.3 Å². The highest BCUT2D eigenvalue weighted by atomic mass is 16.6. The van der Waals surface area contributed by atoms with E-state index < -0.39 is 0 Å². The molecule has 2 rings (SSSR count). The number of hydrogen-bond donors (Lipinski definition) is 0. The molecule has 0 aromatic carbocycles. The lowest BCUT2D eigenvalue weighted by Gasteiger charge is -2.22. The van der Waals surface area contributed by atoms with Crippen LogP contribution < -0.4 is 0 Å². The van der Waals surface area contributed by atoms with Crippen LogP contribution in [0.25, 0.3) is 0 Å². The summed E-state index contributed by atoms with van der Waals surface area (Å²) in [6.45, 7) is 8.60.